The van der Waals surface area contributed by atoms with Crippen LogP contribution in [-0.4, -0.2) is 45.5 Å². The second kappa shape index (κ2) is 6.44. The SMILES string of the molecule is CCOc1ccc(S(=O)(=O)N2CCC(C(=O)OC)C2)cc1. The number of sulfonamides is 1. The van der Waals surface area contributed by atoms with Gasteiger partial charge in [0.25, 0.3) is 0 Å². The van der Waals surface area contributed by atoms with Crippen molar-refractivity contribution in [2.45, 2.75) is 18.2 Å². The number of rotatable bonds is 5. The molecule has 0 spiro atoms. The van der Waals surface area contributed by atoms with Crippen LogP contribution in [0.5, 0.6) is 5.75 Å². The normalized spacial score (nSPS) is 19.4. The summed E-state index contributed by atoms with van der Waals surface area (Å²) in [5, 5.41) is 0. The van der Waals surface area contributed by atoms with Crippen molar-refractivity contribution >= 4 is 16.0 Å². The number of esters is 1. The maximum atomic E-state index is 12.5. The van der Waals surface area contributed by atoms with Crippen LogP contribution in [0.4, 0.5) is 0 Å². The van der Waals surface area contributed by atoms with Crippen LogP contribution in [0, 0.1) is 5.92 Å². The molecule has 1 atom stereocenters. The van der Waals surface area contributed by atoms with Gasteiger partial charge in [-0.25, -0.2) is 8.42 Å². The van der Waals surface area contributed by atoms with Gasteiger partial charge in [-0.3, -0.25) is 4.79 Å². The van der Waals surface area contributed by atoms with Crippen molar-refractivity contribution in [1.29, 1.82) is 0 Å². The van der Waals surface area contributed by atoms with Gasteiger partial charge in [0.15, 0.2) is 0 Å². The molecule has 0 N–H and O–H groups in total. The molecule has 2 rings (SSSR count). The molecular weight excluding hydrogens is 294 g/mol. The topological polar surface area (TPSA) is 72.9 Å². The first-order valence-corrected chi connectivity index (χ1v) is 8.24. The number of hydrogen-bond acceptors (Lipinski definition) is 5. The molecule has 1 aliphatic heterocycles. The van der Waals surface area contributed by atoms with Crippen molar-refractivity contribution in [2.75, 3.05) is 26.8 Å². The fourth-order valence-corrected chi connectivity index (χ4v) is 3.83. The molecule has 0 saturated carbocycles. The average molecular weight is 313 g/mol. The van der Waals surface area contributed by atoms with Crippen LogP contribution in [0.15, 0.2) is 29.2 Å². The van der Waals surface area contributed by atoms with Crippen LogP contribution in [0.1, 0.15) is 13.3 Å². The average Bonchev–Trinajstić information content (AvgIpc) is 2.98. The first-order chi connectivity index (χ1) is 9.98. The van der Waals surface area contributed by atoms with E-state index >= 15 is 0 Å². The lowest BCUT2D eigenvalue weighted by Crippen LogP contribution is -2.30. The van der Waals surface area contributed by atoms with Crippen LogP contribution < -0.4 is 4.74 Å². The zero-order valence-corrected chi connectivity index (χ0v) is 12.9. The predicted molar refractivity (Wildman–Crippen MR) is 76.5 cm³/mol. The molecule has 1 aliphatic rings. The van der Waals surface area contributed by atoms with E-state index in [2.05, 4.69) is 4.74 Å². The molecular formula is C14H19NO5S. The number of nitrogens with zero attached hydrogens (tertiary/aromatic N) is 1. The Morgan fingerprint density at radius 3 is 2.57 bits per heavy atom. The summed E-state index contributed by atoms with van der Waals surface area (Å²) < 4.78 is 36.3. The number of carbonyl (C=O) groups is 1. The smallest absolute Gasteiger partial charge is 0.310 e. The summed E-state index contributed by atoms with van der Waals surface area (Å²) in [5.41, 5.74) is 0. The molecule has 1 heterocycles. The van der Waals surface area contributed by atoms with E-state index in [1.54, 1.807) is 12.1 Å². The molecule has 7 heteroatoms. The Balaban J connectivity index is 2.13. The fraction of sp³-hybridized carbons (Fsp3) is 0.500. The van der Waals surface area contributed by atoms with E-state index < -0.39 is 10.0 Å². The Kier molecular flexibility index (Phi) is 4.84. The molecule has 6 nitrogen and oxygen atoms in total. The second-order valence-corrected chi connectivity index (χ2v) is 6.71. The third kappa shape index (κ3) is 3.36. The summed E-state index contributed by atoms with van der Waals surface area (Å²) in [5.74, 6) is -0.114. The van der Waals surface area contributed by atoms with E-state index in [1.807, 2.05) is 6.92 Å². The molecule has 1 aromatic rings. The van der Waals surface area contributed by atoms with E-state index in [0.717, 1.165) is 0 Å². The number of carbonyl (C=O) groups excluding carboxylic acids is 1. The Bertz CT molecular complexity index is 596. The van der Waals surface area contributed by atoms with Crippen LogP contribution in [0.2, 0.25) is 0 Å². The quantitative estimate of drug-likeness (QED) is 0.765. The van der Waals surface area contributed by atoms with Gasteiger partial charge >= 0.3 is 5.97 Å². The summed E-state index contributed by atoms with van der Waals surface area (Å²) in [6, 6.07) is 6.30. The van der Waals surface area contributed by atoms with Crippen molar-refractivity contribution in [3.8, 4) is 5.75 Å². The van der Waals surface area contributed by atoms with Crippen molar-refractivity contribution in [1.82, 2.24) is 4.31 Å². The molecule has 1 unspecified atom stereocenters. The van der Waals surface area contributed by atoms with Gasteiger partial charge in [-0.1, -0.05) is 0 Å². The van der Waals surface area contributed by atoms with Gasteiger partial charge in [-0.2, -0.15) is 4.31 Å². The van der Waals surface area contributed by atoms with E-state index in [0.29, 0.717) is 25.3 Å². The molecule has 116 valence electrons. The largest absolute Gasteiger partial charge is 0.494 e. The van der Waals surface area contributed by atoms with Crippen molar-refractivity contribution < 1.29 is 22.7 Å². The highest BCUT2D eigenvalue weighted by molar-refractivity contribution is 7.89. The Morgan fingerprint density at radius 2 is 2.00 bits per heavy atom. The van der Waals surface area contributed by atoms with Crippen LogP contribution in [0.25, 0.3) is 0 Å². The first kappa shape index (κ1) is 15.8. The molecule has 21 heavy (non-hydrogen) atoms. The summed E-state index contributed by atoms with van der Waals surface area (Å²) in [7, 11) is -2.26. The highest BCUT2D eigenvalue weighted by Gasteiger charge is 2.36. The van der Waals surface area contributed by atoms with Gasteiger partial charge in [0, 0.05) is 13.1 Å². The minimum atomic E-state index is -3.58. The summed E-state index contributed by atoms with van der Waals surface area (Å²) in [4.78, 5) is 11.7. The minimum Gasteiger partial charge on any atom is -0.494 e. The molecule has 0 radical (unpaired) electrons. The van der Waals surface area contributed by atoms with Gasteiger partial charge in [-0.05, 0) is 37.6 Å². The van der Waals surface area contributed by atoms with Crippen molar-refractivity contribution in [3.05, 3.63) is 24.3 Å². The molecule has 1 fully saturated rings. The highest BCUT2D eigenvalue weighted by atomic mass is 32.2. The van der Waals surface area contributed by atoms with Crippen LogP contribution >= 0.6 is 0 Å². The van der Waals surface area contributed by atoms with E-state index in [4.69, 9.17) is 4.74 Å². The van der Waals surface area contributed by atoms with Gasteiger partial charge < -0.3 is 9.47 Å². The highest BCUT2D eigenvalue weighted by Crippen LogP contribution is 2.26. The van der Waals surface area contributed by atoms with Gasteiger partial charge in [0.1, 0.15) is 5.75 Å². The summed E-state index contributed by atoms with van der Waals surface area (Å²) in [6.45, 7) is 2.89. The van der Waals surface area contributed by atoms with Gasteiger partial charge in [0.05, 0.1) is 24.5 Å². The lowest BCUT2D eigenvalue weighted by Gasteiger charge is -2.16. The zero-order valence-electron chi connectivity index (χ0n) is 12.1. The minimum absolute atomic E-state index is 0.169. The Labute approximate surface area is 124 Å². The maximum absolute atomic E-state index is 12.5. The zero-order chi connectivity index (χ0) is 15.5. The molecule has 0 aliphatic carbocycles. The van der Waals surface area contributed by atoms with E-state index in [1.165, 1.54) is 23.5 Å². The number of methoxy groups -OCH3 is 1. The van der Waals surface area contributed by atoms with E-state index in [-0.39, 0.29) is 23.3 Å². The summed E-state index contributed by atoms with van der Waals surface area (Å²) >= 11 is 0. The lowest BCUT2D eigenvalue weighted by atomic mass is 10.1. The monoisotopic (exact) mass is 313 g/mol. The van der Waals surface area contributed by atoms with Crippen LogP contribution in [0.3, 0.4) is 0 Å². The molecule has 0 aromatic heterocycles. The summed E-state index contributed by atoms with van der Waals surface area (Å²) in [6.07, 6.45) is 0.489. The van der Waals surface area contributed by atoms with Crippen molar-refractivity contribution in [2.24, 2.45) is 5.92 Å². The first-order valence-electron chi connectivity index (χ1n) is 6.80. The number of hydrogen-bond donors (Lipinski definition) is 0. The third-order valence-electron chi connectivity index (χ3n) is 3.46. The number of benzene rings is 1. The molecule has 1 aromatic carbocycles. The molecule has 1 saturated heterocycles. The lowest BCUT2D eigenvalue weighted by molar-refractivity contribution is -0.144. The van der Waals surface area contributed by atoms with Crippen molar-refractivity contribution in [3.63, 3.8) is 0 Å². The fourth-order valence-electron chi connectivity index (χ4n) is 2.33. The van der Waals surface area contributed by atoms with Crippen LogP contribution in [-0.2, 0) is 19.6 Å². The maximum Gasteiger partial charge on any atom is 0.310 e. The van der Waals surface area contributed by atoms with Gasteiger partial charge in [-0.15, -0.1) is 0 Å². The van der Waals surface area contributed by atoms with E-state index in [9.17, 15) is 13.2 Å². The number of ether oxygens (including phenoxy) is 2. The van der Waals surface area contributed by atoms with Gasteiger partial charge in [0.2, 0.25) is 10.0 Å². The molecule has 0 bridgehead atoms. The molecule has 0 amide bonds. The second-order valence-electron chi connectivity index (χ2n) is 4.78. The third-order valence-corrected chi connectivity index (χ3v) is 5.34. The predicted octanol–water partition coefficient (Wildman–Crippen LogP) is 1.27. The Morgan fingerprint density at radius 1 is 1.33 bits per heavy atom. The Hall–Kier alpha value is -1.60. The standard InChI is InChI=1S/C14H19NO5S/c1-3-20-12-4-6-13(7-5-12)21(17,18)15-9-8-11(10-15)14(16)19-2/h4-7,11H,3,8-10H2,1-2H3.